The zero-order valence-corrected chi connectivity index (χ0v) is 19.0. The lowest BCUT2D eigenvalue weighted by atomic mass is 10.1. The monoisotopic (exact) mass is 450 g/mol. The largest absolute Gasteiger partial charge is 0.438 e. The van der Waals surface area contributed by atoms with E-state index >= 15 is 0 Å². The second-order valence-corrected chi connectivity index (χ2v) is 7.80. The van der Waals surface area contributed by atoms with Gasteiger partial charge in [0.15, 0.2) is 0 Å². The Morgan fingerprint density at radius 2 is 1.76 bits per heavy atom. The number of nitriles is 1. The average molecular weight is 450 g/mol. The topological polar surface area (TPSA) is 96.5 Å². The van der Waals surface area contributed by atoms with Crippen molar-refractivity contribution in [1.29, 1.82) is 5.26 Å². The van der Waals surface area contributed by atoms with Gasteiger partial charge in [-0.3, -0.25) is 14.0 Å². The van der Waals surface area contributed by atoms with Gasteiger partial charge in [0.05, 0.1) is 0 Å². The number of ether oxygens (including phenoxy) is 1. The van der Waals surface area contributed by atoms with Gasteiger partial charge >= 0.3 is 0 Å². The quantitative estimate of drug-likeness (QED) is 0.342. The van der Waals surface area contributed by atoms with Crippen molar-refractivity contribution in [3.63, 3.8) is 0 Å². The molecule has 0 aliphatic carbocycles. The highest BCUT2D eigenvalue weighted by atomic mass is 16.5. The fourth-order valence-electron chi connectivity index (χ4n) is 3.42. The number of hydrogen-bond acceptors (Lipinski definition) is 5. The Labute approximate surface area is 196 Å². The number of para-hydroxylation sites is 1. The third-order valence-corrected chi connectivity index (χ3v) is 5.54. The van der Waals surface area contributed by atoms with Crippen LogP contribution in [0, 0.1) is 32.1 Å². The van der Waals surface area contributed by atoms with E-state index in [-0.39, 0.29) is 17.0 Å². The number of aryl methyl sites for hydroxylation is 2. The van der Waals surface area contributed by atoms with E-state index in [0.29, 0.717) is 17.1 Å². The maximum atomic E-state index is 13.3. The number of carbonyl (C=O) groups excluding carboxylic acids is 1. The molecule has 0 aliphatic rings. The van der Waals surface area contributed by atoms with Crippen LogP contribution >= 0.6 is 0 Å². The number of pyridine rings is 1. The van der Waals surface area contributed by atoms with Gasteiger partial charge < -0.3 is 10.1 Å². The minimum Gasteiger partial charge on any atom is -0.438 e. The summed E-state index contributed by atoms with van der Waals surface area (Å²) in [7, 11) is 0. The molecule has 0 saturated heterocycles. The molecule has 1 N–H and O–H groups in total. The van der Waals surface area contributed by atoms with Crippen LogP contribution in [0.4, 0.5) is 5.69 Å². The van der Waals surface area contributed by atoms with Crippen LogP contribution in [0.1, 0.15) is 22.3 Å². The van der Waals surface area contributed by atoms with Crippen molar-refractivity contribution in [2.24, 2.45) is 0 Å². The first-order valence-corrected chi connectivity index (χ1v) is 10.6. The molecule has 0 radical (unpaired) electrons. The highest BCUT2D eigenvalue weighted by Gasteiger charge is 2.18. The van der Waals surface area contributed by atoms with Crippen LogP contribution in [0.15, 0.2) is 77.2 Å². The Bertz CT molecular complexity index is 1540. The van der Waals surface area contributed by atoms with Crippen molar-refractivity contribution >= 4 is 23.3 Å². The van der Waals surface area contributed by atoms with Crippen molar-refractivity contribution in [3.05, 3.63) is 105 Å². The van der Waals surface area contributed by atoms with Crippen LogP contribution in [0.3, 0.4) is 0 Å². The lowest BCUT2D eigenvalue weighted by Crippen LogP contribution is -2.20. The second kappa shape index (κ2) is 9.43. The van der Waals surface area contributed by atoms with E-state index in [9.17, 15) is 14.9 Å². The molecule has 0 atom stereocenters. The molecule has 1 amide bonds. The Morgan fingerprint density at radius 1 is 1.03 bits per heavy atom. The molecule has 2 aromatic carbocycles. The minimum atomic E-state index is -0.632. The van der Waals surface area contributed by atoms with E-state index in [4.69, 9.17) is 4.74 Å². The highest BCUT2D eigenvalue weighted by Crippen LogP contribution is 2.28. The van der Waals surface area contributed by atoms with Crippen LogP contribution in [0.25, 0.3) is 11.7 Å². The summed E-state index contributed by atoms with van der Waals surface area (Å²) in [5, 5.41) is 12.4. The maximum absolute atomic E-state index is 13.3. The van der Waals surface area contributed by atoms with Crippen LogP contribution in [0.2, 0.25) is 0 Å². The number of benzene rings is 2. The summed E-state index contributed by atoms with van der Waals surface area (Å²) in [5.41, 5.74) is 3.02. The maximum Gasteiger partial charge on any atom is 0.269 e. The SMILES string of the molecule is Cc1ccccc1NC(=O)/C(C#N)=C\c1c(Oc2cccc(C)c2C)nc2ccccn2c1=O. The predicted molar refractivity (Wildman–Crippen MR) is 131 cm³/mol. The molecule has 34 heavy (non-hydrogen) atoms. The lowest BCUT2D eigenvalue weighted by molar-refractivity contribution is -0.112. The number of hydrogen-bond donors (Lipinski definition) is 1. The molecule has 168 valence electrons. The normalized spacial score (nSPS) is 11.2. The van der Waals surface area contributed by atoms with Crippen molar-refractivity contribution in [3.8, 4) is 17.7 Å². The first-order valence-electron chi connectivity index (χ1n) is 10.6. The second-order valence-electron chi connectivity index (χ2n) is 7.80. The minimum absolute atomic E-state index is 0.00101. The summed E-state index contributed by atoms with van der Waals surface area (Å²) in [4.78, 5) is 30.7. The van der Waals surface area contributed by atoms with E-state index in [1.165, 1.54) is 10.5 Å². The van der Waals surface area contributed by atoms with Gasteiger partial charge in [0.1, 0.15) is 28.6 Å². The van der Waals surface area contributed by atoms with Gasteiger partial charge in [0, 0.05) is 11.9 Å². The van der Waals surface area contributed by atoms with Crippen molar-refractivity contribution < 1.29 is 9.53 Å². The van der Waals surface area contributed by atoms with Gasteiger partial charge in [-0.15, -0.1) is 0 Å². The predicted octanol–water partition coefficient (Wildman–Crippen LogP) is 4.96. The van der Waals surface area contributed by atoms with Gasteiger partial charge in [-0.05, 0) is 67.8 Å². The fourth-order valence-corrected chi connectivity index (χ4v) is 3.42. The molecule has 4 aromatic rings. The molecule has 0 aliphatic heterocycles. The van der Waals surface area contributed by atoms with Crippen molar-refractivity contribution in [1.82, 2.24) is 9.38 Å². The first-order chi connectivity index (χ1) is 16.4. The smallest absolute Gasteiger partial charge is 0.269 e. The van der Waals surface area contributed by atoms with Gasteiger partial charge in [0.25, 0.3) is 11.5 Å². The molecule has 4 rings (SSSR count). The fraction of sp³-hybridized carbons (Fsp3) is 0.111. The molecule has 0 unspecified atom stereocenters. The summed E-state index contributed by atoms with van der Waals surface area (Å²) in [6, 6.07) is 19.8. The standard InChI is InChI=1S/C27H22N4O3/c1-17-10-8-12-23(19(17)3)34-26-21(27(33)31-14-7-6-13-24(31)30-26)15-20(16-28)25(32)29-22-11-5-4-9-18(22)2/h4-15H,1-3H3,(H,29,32)/b20-15-. The molecule has 0 spiro atoms. The number of nitrogens with zero attached hydrogens (tertiary/aromatic N) is 3. The number of rotatable bonds is 5. The average Bonchev–Trinajstić information content (AvgIpc) is 2.83. The molecule has 0 fully saturated rings. The summed E-state index contributed by atoms with van der Waals surface area (Å²) >= 11 is 0. The molecule has 2 heterocycles. The zero-order chi connectivity index (χ0) is 24.2. The van der Waals surface area contributed by atoms with Crippen molar-refractivity contribution in [2.75, 3.05) is 5.32 Å². The summed E-state index contributed by atoms with van der Waals surface area (Å²) < 4.78 is 7.41. The third kappa shape index (κ3) is 4.43. The summed E-state index contributed by atoms with van der Waals surface area (Å²) in [6.45, 7) is 5.71. The van der Waals surface area contributed by atoms with Crippen LogP contribution in [0.5, 0.6) is 11.6 Å². The first kappa shape index (κ1) is 22.5. The molecular weight excluding hydrogens is 428 g/mol. The molecule has 0 saturated carbocycles. The van der Waals surface area contributed by atoms with Gasteiger partial charge in [-0.25, -0.2) is 0 Å². The van der Waals surface area contributed by atoms with Gasteiger partial charge in [-0.2, -0.15) is 10.2 Å². The Hall–Kier alpha value is -4.70. The van der Waals surface area contributed by atoms with E-state index in [1.54, 1.807) is 42.6 Å². The van der Waals surface area contributed by atoms with E-state index in [1.807, 2.05) is 51.1 Å². The number of anilines is 1. The number of amides is 1. The van der Waals surface area contributed by atoms with E-state index in [2.05, 4.69) is 10.3 Å². The van der Waals surface area contributed by atoms with Crippen LogP contribution < -0.4 is 15.6 Å². The van der Waals surface area contributed by atoms with Crippen molar-refractivity contribution in [2.45, 2.75) is 20.8 Å². The van der Waals surface area contributed by atoms with Gasteiger partial charge in [-0.1, -0.05) is 36.4 Å². The molecule has 7 nitrogen and oxygen atoms in total. The Morgan fingerprint density at radius 3 is 2.53 bits per heavy atom. The molecule has 7 heteroatoms. The molecule has 2 aromatic heterocycles. The van der Waals surface area contributed by atoms with E-state index in [0.717, 1.165) is 16.7 Å². The lowest BCUT2D eigenvalue weighted by Gasteiger charge is -2.13. The summed E-state index contributed by atoms with van der Waals surface area (Å²) in [6.07, 6.45) is 2.80. The van der Waals surface area contributed by atoms with E-state index < -0.39 is 11.5 Å². The number of aromatic nitrogens is 2. The zero-order valence-electron chi connectivity index (χ0n) is 19.0. The van der Waals surface area contributed by atoms with Crippen LogP contribution in [-0.4, -0.2) is 15.3 Å². The summed E-state index contributed by atoms with van der Waals surface area (Å²) in [5.74, 6) is -0.0851. The number of carbonyl (C=O) groups is 1. The number of fused-ring (bicyclic) bond motifs is 1. The number of nitrogens with one attached hydrogen (secondary N) is 1. The highest BCUT2D eigenvalue weighted by molar-refractivity contribution is 6.10. The molecule has 0 bridgehead atoms. The Balaban J connectivity index is 1.84. The third-order valence-electron chi connectivity index (χ3n) is 5.54. The van der Waals surface area contributed by atoms with Crippen LogP contribution in [-0.2, 0) is 4.79 Å². The Kier molecular flexibility index (Phi) is 6.24. The van der Waals surface area contributed by atoms with Gasteiger partial charge in [0.2, 0.25) is 5.88 Å². The molecular formula is C27H22N4O3.